The molecule has 0 spiro atoms. The van der Waals surface area contributed by atoms with Crippen LogP contribution in [0, 0.1) is 0 Å². The fourth-order valence-electron chi connectivity index (χ4n) is 3.77. The number of esters is 1. The molecule has 0 fully saturated rings. The van der Waals surface area contributed by atoms with E-state index >= 15 is 0 Å². The van der Waals surface area contributed by atoms with Crippen LogP contribution in [0.15, 0.2) is 82.2 Å². The molecule has 8 heteroatoms. The topological polar surface area (TPSA) is 90.1 Å². The maximum atomic E-state index is 13.5. The number of carbonyl (C=O) groups excluding carboxylic acids is 1. The largest absolute Gasteiger partial charge is 0.508 e. The SMILES string of the molecule is C=CCOc1ccc([C@@H]2C(C(=O)OCC)=C(C)N=c3s/c(=C\c4cccc(O)c4)c(=O)n32)cc1. The van der Waals surface area contributed by atoms with Gasteiger partial charge in [0, 0.05) is 0 Å². The summed E-state index contributed by atoms with van der Waals surface area (Å²) in [6, 6.07) is 13.2. The molecule has 1 N–H and O–H groups in total. The van der Waals surface area contributed by atoms with E-state index in [0.717, 1.165) is 5.56 Å². The number of phenolic OH excluding ortho intramolecular Hbond substituents is 1. The summed E-state index contributed by atoms with van der Waals surface area (Å²) in [7, 11) is 0. The first kappa shape index (κ1) is 23.3. The average Bonchev–Trinajstić information content (AvgIpc) is 3.11. The minimum atomic E-state index is -0.699. The van der Waals surface area contributed by atoms with Gasteiger partial charge in [-0.05, 0) is 55.3 Å². The summed E-state index contributed by atoms with van der Waals surface area (Å²) in [4.78, 5) is 31.5. The molecule has 2 aromatic carbocycles. The van der Waals surface area contributed by atoms with E-state index in [9.17, 15) is 14.7 Å². The Bertz CT molecular complexity index is 1450. The average molecular weight is 477 g/mol. The maximum Gasteiger partial charge on any atom is 0.338 e. The van der Waals surface area contributed by atoms with Gasteiger partial charge in [-0.3, -0.25) is 9.36 Å². The number of carbonyl (C=O) groups is 1. The second-order valence-electron chi connectivity index (χ2n) is 7.57. The number of aromatic nitrogens is 1. The van der Waals surface area contributed by atoms with Crippen LogP contribution in [0.25, 0.3) is 6.08 Å². The van der Waals surface area contributed by atoms with Crippen molar-refractivity contribution in [1.82, 2.24) is 4.57 Å². The number of thiazole rings is 1. The lowest BCUT2D eigenvalue weighted by molar-refractivity contribution is -0.139. The molecule has 0 saturated heterocycles. The second kappa shape index (κ2) is 9.93. The van der Waals surface area contributed by atoms with Gasteiger partial charge in [-0.1, -0.05) is 48.3 Å². The number of rotatable bonds is 7. The van der Waals surface area contributed by atoms with E-state index in [-0.39, 0.29) is 17.9 Å². The number of fused-ring (bicyclic) bond motifs is 1. The highest BCUT2D eigenvalue weighted by molar-refractivity contribution is 7.07. The van der Waals surface area contributed by atoms with Crippen LogP contribution >= 0.6 is 11.3 Å². The molecular weight excluding hydrogens is 452 g/mol. The van der Waals surface area contributed by atoms with Crippen molar-refractivity contribution in [1.29, 1.82) is 0 Å². The zero-order valence-corrected chi connectivity index (χ0v) is 19.7. The number of benzene rings is 2. The molecule has 7 nitrogen and oxygen atoms in total. The van der Waals surface area contributed by atoms with Gasteiger partial charge in [-0.25, -0.2) is 9.79 Å². The lowest BCUT2D eigenvalue weighted by Gasteiger charge is -2.24. The molecule has 0 amide bonds. The molecule has 0 aliphatic carbocycles. The Morgan fingerprint density at radius 2 is 2.03 bits per heavy atom. The van der Waals surface area contributed by atoms with E-state index in [1.165, 1.54) is 15.9 Å². The monoisotopic (exact) mass is 476 g/mol. The molecule has 1 aliphatic heterocycles. The number of ether oxygens (including phenoxy) is 2. The third-order valence-electron chi connectivity index (χ3n) is 5.25. The Morgan fingerprint density at radius 3 is 2.71 bits per heavy atom. The number of hydrogen-bond acceptors (Lipinski definition) is 7. The number of phenols is 1. The van der Waals surface area contributed by atoms with E-state index in [1.54, 1.807) is 62.4 Å². The fraction of sp³-hybridized carbons (Fsp3) is 0.192. The summed E-state index contributed by atoms with van der Waals surface area (Å²) < 4.78 is 12.9. The van der Waals surface area contributed by atoms with Gasteiger partial charge < -0.3 is 14.6 Å². The Morgan fingerprint density at radius 1 is 1.26 bits per heavy atom. The summed E-state index contributed by atoms with van der Waals surface area (Å²) >= 11 is 1.23. The zero-order chi connectivity index (χ0) is 24.2. The van der Waals surface area contributed by atoms with E-state index in [0.29, 0.717) is 38.5 Å². The maximum absolute atomic E-state index is 13.5. The fourth-order valence-corrected chi connectivity index (χ4v) is 4.82. The molecule has 1 aromatic heterocycles. The van der Waals surface area contributed by atoms with Crippen molar-refractivity contribution in [2.24, 2.45) is 4.99 Å². The number of aromatic hydroxyl groups is 1. The first-order valence-corrected chi connectivity index (χ1v) is 11.6. The molecule has 3 aromatic rings. The summed E-state index contributed by atoms with van der Waals surface area (Å²) in [6.07, 6.45) is 3.36. The van der Waals surface area contributed by atoms with Crippen molar-refractivity contribution in [3.05, 3.63) is 103 Å². The second-order valence-corrected chi connectivity index (χ2v) is 8.58. The molecule has 2 heterocycles. The first-order chi connectivity index (χ1) is 16.4. The van der Waals surface area contributed by atoms with Crippen LogP contribution in [-0.4, -0.2) is 28.9 Å². The van der Waals surface area contributed by atoms with Crippen LogP contribution in [0.2, 0.25) is 0 Å². The van der Waals surface area contributed by atoms with Crippen molar-refractivity contribution < 1.29 is 19.4 Å². The Hall–Kier alpha value is -3.91. The van der Waals surface area contributed by atoms with Crippen molar-refractivity contribution in [3.63, 3.8) is 0 Å². The third-order valence-corrected chi connectivity index (χ3v) is 6.23. The zero-order valence-electron chi connectivity index (χ0n) is 18.9. The highest BCUT2D eigenvalue weighted by atomic mass is 32.1. The van der Waals surface area contributed by atoms with E-state index < -0.39 is 12.0 Å². The van der Waals surface area contributed by atoms with Crippen molar-refractivity contribution >= 4 is 23.4 Å². The van der Waals surface area contributed by atoms with Gasteiger partial charge in [-0.2, -0.15) is 0 Å². The summed E-state index contributed by atoms with van der Waals surface area (Å²) in [5.41, 5.74) is 1.96. The molecule has 0 unspecified atom stereocenters. The predicted molar refractivity (Wildman–Crippen MR) is 131 cm³/mol. The van der Waals surface area contributed by atoms with Gasteiger partial charge in [0.25, 0.3) is 5.56 Å². The molecule has 0 saturated carbocycles. The normalized spacial score (nSPS) is 15.5. The van der Waals surface area contributed by atoms with Crippen molar-refractivity contribution in [2.45, 2.75) is 19.9 Å². The first-order valence-electron chi connectivity index (χ1n) is 10.7. The Labute approximate surface area is 200 Å². The lowest BCUT2D eigenvalue weighted by atomic mass is 9.96. The molecule has 4 rings (SSSR count). The van der Waals surface area contributed by atoms with Crippen LogP contribution in [-0.2, 0) is 9.53 Å². The van der Waals surface area contributed by atoms with E-state index in [4.69, 9.17) is 9.47 Å². The van der Waals surface area contributed by atoms with Gasteiger partial charge >= 0.3 is 5.97 Å². The predicted octanol–water partition coefficient (Wildman–Crippen LogP) is 3.07. The smallest absolute Gasteiger partial charge is 0.338 e. The third kappa shape index (κ3) is 4.58. The standard InChI is InChI=1S/C26H24N2O5S/c1-4-13-33-20-11-9-18(10-12-20)23-22(25(31)32-5-2)16(3)27-26-28(23)24(30)21(34-26)15-17-7-6-8-19(29)14-17/h4,6-12,14-15,23,29H,1,5,13H2,2-3H3/b21-15-/t23-/m1/s1. The molecular formula is C26H24N2O5S. The molecule has 0 radical (unpaired) electrons. The summed E-state index contributed by atoms with van der Waals surface area (Å²) in [5, 5.41) is 9.78. The molecule has 1 aliphatic rings. The van der Waals surface area contributed by atoms with Crippen LogP contribution in [0.3, 0.4) is 0 Å². The minimum Gasteiger partial charge on any atom is -0.508 e. The highest BCUT2D eigenvalue weighted by Gasteiger charge is 2.33. The van der Waals surface area contributed by atoms with E-state index in [1.807, 2.05) is 12.1 Å². The molecule has 174 valence electrons. The van der Waals surface area contributed by atoms with Gasteiger partial charge in [0.15, 0.2) is 4.80 Å². The summed E-state index contributed by atoms with van der Waals surface area (Å²) in [5.74, 6) is 0.250. The van der Waals surface area contributed by atoms with Crippen molar-refractivity contribution in [3.8, 4) is 11.5 Å². The van der Waals surface area contributed by atoms with Crippen LogP contribution in [0.4, 0.5) is 0 Å². The van der Waals surface area contributed by atoms with E-state index in [2.05, 4.69) is 11.6 Å². The Kier molecular flexibility index (Phi) is 6.79. The number of hydrogen-bond donors (Lipinski definition) is 1. The van der Waals surface area contributed by atoms with Crippen LogP contribution in [0.5, 0.6) is 11.5 Å². The molecule has 34 heavy (non-hydrogen) atoms. The quantitative estimate of drug-likeness (QED) is 0.418. The van der Waals surface area contributed by atoms with Gasteiger partial charge in [0.05, 0.1) is 28.5 Å². The van der Waals surface area contributed by atoms with Crippen LogP contribution in [0.1, 0.15) is 31.0 Å². The van der Waals surface area contributed by atoms with Gasteiger partial charge in [0.2, 0.25) is 0 Å². The summed E-state index contributed by atoms with van der Waals surface area (Å²) in [6.45, 7) is 7.70. The van der Waals surface area contributed by atoms with Gasteiger partial charge in [0.1, 0.15) is 18.1 Å². The molecule has 1 atom stereocenters. The van der Waals surface area contributed by atoms with Gasteiger partial charge in [-0.15, -0.1) is 0 Å². The lowest BCUT2D eigenvalue weighted by Crippen LogP contribution is -2.39. The van der Waals surface area contributed by atoms with Crippen LogP contribution < -0.4 is 19.6 Å². The Balaban J connectivity index is 1.89. The highest BCUT2D eigenvalue weighted by Crippen LogP contribution is 2.31. The minimum absolute atomic E-state index is 0.110. The number of nitrogens with zero attached hydrogens (tertiary/aromatic N) is 2. The number of allylic oxidation sites excluding steroid dienone is 1. The van der Waals surface area contributed by atoms with Crippen molar-refractivity contribution in [2.75, 3.05) is 13.2 Å². The molecule has 0 bridgehead atoms.